The van der Waals surface area contributed by atoms with Crippen LogP contribution >= 0.6 is 0 Å². The normalized spacial score (nSPS) is 21.7. The van der Waals surface area contributed by atoms with E-state index in [1.807, 2.05) is 18.2 Å². The van der Waals surface area contributed by atoms with Crippen molar-refractivity contribution in [2.45, 2.75) is 31.3 Å². The number of nitrogens with two attached hydrogens (primary N) is 2. The lowest BCUT2D eigenvalue weighted by molar-refractivity contribution is 0.117. The van der Waals surface area contributed by atoms with E-state index in [2.05, 4.69) is 22.9 Å². The maximum Gasteiger partial charge on any atom is 0.404 e. The second-order valence-electron chi connectivity index (χ2n) is 7.72. The maximum atomic E-state index is 11.1. The largest absolute Gasteiger partial charge is 0.444 e. The van der Waals surface area contributed by atoms with E-state index < -0.39 is 6.09 Å². The third-order valence-corrected chi connectivity index (χ3v) is 5.72. The van der Waals surface area contributed by atoms with E-state index >= 15 is 0 Å². The summed E-state index contributed by atoms with van der Waals surface area (Å²) in [4.78, 5) is 20.7. The summed E-state index contributed by atoms with van der Waals surface area (Å²) in [7, 11) is 2.17. The molecule has 3 heterocycles. The smallest absolute Gasteiger partial charge is 0.404 e. The summed E-state index contributed by atoms with van der Waals surface area (Å²) in [5, 5.41) is 2.20. The number of hydrogen-bond donors (Lipinski definition) is 2. The van der Waals surface area contributed by atoms with Crippen molar-refractivity contribution in [3.8, 4) is 0 Å². The maximum absolute atomic E-state index is 11.1. The van der Waals surface area contributed by atoms with Gasteiger partial charge in [0.15, 0.2) is 0 Å². The third kappa shape index (κ3) is 3.78. The molecule has 144 valence electrons. The zero-order chi connectivity index (χ0) is 19.0. The zero-order valence-electron chi connectivity index (χ0n) is 15.7. The van der Waals surface area contributed by atoms with Gasteiger partial charge in [0, 0.05) is 35.7 Å². The first kappa shape index (κ1) is 17.9. The molecule has 0 radical (unpaired) electrons. The fourth-order valence-corrected chi connectivity index (χ4v) is 4.21. The SMILES string of the molecule is CN1CCC(c2cc3cc(N)ccc3c(N3CCC(OC(N)=O)C3)n2)CC1. The number of aromatic nitrogens is 1. The van der Waals surface area contributed by atoms with E-state index in [1.54, 1.807) is 0 Å². The first-order valence-corrected chi connectivity index (χ1v) is 9.59. The Bertz CT molecular complexity index is 848. The number of fused-ring (bicyclic) bond motifs is 1. The van der Waals surface area contributed by atoms with Gasteiger partial charge in [0.1, 0.15) is 11.9 Å². The second kappa shape index (κ2) is 7.23. The highest BCUT2D eigenvalue weighted by Crippen LogP contribution is 2.34. The Morgan fingerprint density at radius 1 is 1.19 bits per heavy atom. The van der Waals surface area contributed by atoms with Crippen LogP contribution < -0.4 is 16.4 Å². The number of nitrogen functional groups attached to an aromatic ring is 1. The van der Waals surface area contributed by atoms with Crippen molar-refractivity contribution >= 4 is 28.4 Å². The van der Waals surface area contributed by atoms with E-state index in [4.69, 9.17) is 21.2 Å². The summed E-state index contributed by atoms with van der Waals surface area (Å²) in [5.74, 6) is 1.42. The number of rotatable bonds is 3. The quantitative estimate of drug-likeness (QED) is 0.806. The van der Waals surface area contributed by atoms with Gasteiger partial charge in [0.05, 0.1) is 6.54 Å². The molecule has 0 spiro atoms. The van der Waals surface area contributed by atoms with Gasteiger partial charge >= 0.3 is 6.09 Å². The topological polar surface area (TPSA) is 97.7 Å². The van der Waals surface area contributed by atoms with Gasteiger partial charge < -0.3 is 26.0 Å². The molecule has 2 fully saturated rings. The molecule has 4 N–H and O–H groups in total. The highest BCUT2D eigenvalue weighted by molar-refractivity contribution is 5.94. The van der Waals surface area contributed by atoms with Crippen LogP contribution in [0.2, 0.25) is 0 Å². The van der Waals surface area contributed by atoms with E-state index in [0.717, 1.165) is 66.9 Å². The fraction of sp³-hybridized carbons (Fsp3) is 0.500. The fourth-order valence-electron chi connectivity index (χ4n) is 4.21. The molecular formula is C20H27N5O2. The van der Waals surface area contributed by atoms with Crippen LogP contribution in [0.15, 0.2) is 24.3 Å². The van der Waals surface area contributed by atoms with E-state index in [-0.39, 0.29) is 6.10 Å². The Morgan fingerprint density at radius 2 is 1.96 bits per heavy atom. The van der Waals surface area contributed by atoms with E-state index in [1.165, 1.54) is 0 Å². The Hall–Kier alpha value is -2.54. The zero-order valence-corrected chi connectivity index (χ0v) is 15.7. The Balaban J connectivity index is 1.69. The van der Waals surface area contributed by atoms with Gasteiger partial charge in [-0.05, 0) is 62.6 Å². The first-order chi connectivity index (χ1) is 13.0. The van der Waals surface area contributed by atoms with Crippen molar-refractivity contribution in [3.05, 3.63) is 30.0 Å². The molecule has 0 saturated carbocycles. The lowest BCUT2D eigenvalue weighted by atomic mass is 9.92. The van der Waals surface area contributed by atoms with Crippen molar-refractivity contribution in [1.82, 2.24) is 9.88 Å². The first-order valence-electron chi connectivity index (χ1n) is 9.59. The summed E-state index contributed by atoms with van der Waals surface area (Å²) in [5.41, 5.74) is 13.1. The van der Waals surface area contributed by atoms with Gasteiger partial charge in [-0.2, -0.15) is 0 Å². The van der Waals surface area contributed by atoms with Gasteiger partial charge in [-0.3, -0.25) is 0 Å². The van der Waals surface area contributed by atoms with Crippen LogP contribution in [0.25, 0.3) is 10.8 Å². The number of carbonyl (C=O) groups excluding carboxylic acids is 1. The standard InChI is InChI=1S/C20H27N5O2/c1-24-7-4-13(5-8-24)18-11-14-10-15(21)2-3-17(14)19(23-18)25-9-6-16(12-25)27-20(22)26/h2-3,10-11,13,16H,4-9,12,21H2,1H3,(H2,22,26). The molecule has 4 rings (SSSR count). The molecule has 1 unspecified atom stereocenters. The molecular weight excluding hydrogens is 342 g/mol. The molecule has 7 nitrogen and oxygen atoms in total. The summed E-state index contributed by atoms with van der Waals surface area (Å²) in [6.45, 7) is 3.59. The van der Waals surface area contributed by atoms with E-state index in [0.29, 0.717) is 12.5 Å². The molecule has 0 aliphatic carbocycles. The van der Waals surface area contributed by atoms with Gasteiger partial charge in [-0.1, -0.05) is 0 Å². The number of pyridine rings is 1. The number of likely N-dealkylation sites (tertiary alicyclic amines) is 1. The highest BCUT2D eigenvalue weighted by Gasteiger charge is 2.28. The third-order valence-electron chi connectivity index (χ3n) is 5.72. The Labute approximate surface area is 159 Å². The second-order valence-corrected chi connectivity index (χ2v) is 7.72. The minimum absolute atomic E-state index is 0.180. The summed E-state index contributed by atoms with van der Waals surface area (Å²) in [6.07, 6.45) is 2.10. The van der Waals surface area contributed by atoms with Crippen LogP contribution in [0.1, 0.15) is 30.9 Å². The summed E-state index contributed by atoms with van der Waals surface area (Å²) in [6, 6.07) is 8.16. The molecule has 1 aromatic carbocycles. The van der Waals surface area contributed by atoms with Crippen LogP contribution in [0.4, 0.5) is 16.3 Å². The number of carbonyl (C=O) groups is 1. The average molecular weight is 369 g/mol. The van der Waals surface area contributed by atoms with Gasteiger partial charge in [-0.25, -0.2) is 9.78 Å². The average Bonchev–Trinajstić information content (AvgIpc) is 3.08. The predicted octanol–water partition coefficient (Wildman–Crippen LogP) is 2.30. The molecule has 2 aliphatic rings. The van der Waals surface area contributed by atoms with Crippen LogP contribution in [-0.4, -0.2) is 55.3 Å². The number of nitrogens with zero attached hydrogens (tertiary/aromatic N) is 3. The Kier molecular flexibility index (Phi) is 4.78. The minimum Gasteiger partial charge on any atom is -0.444 e. The molecule has 1 amide bonds. The molecule has 2 saturated heterocycles. The number of benzene rings is 1. The molecule has 0 bridgehead atoms. The van der Waals surface area contributed by atoms with Crippen LogP contribution in [0, 0.1) is 0 Å². The van der Waals surface area contributed by atoms with Crippen molar-refractivity contribution < 1.29 is 9.53 Å². The number of piperidine rings is 1. The highest BCUT2D eigenvalue weighted by atomic mass is 16.6. The van der Waals surface area contributed by atoms with Crippen LogP contribution in [0.3, 0.4) is 0 Å². The van der Waals surface area contributed by atoms with Gasteiger partial charge in [0.2, 0.25) is 0 Å². The van der Waals surface area contributed by atoms with Crippen molar-refractivity contribution in [3.63, 3.8) is 0 Å². The van der Waals surface area contributed by atoms with Crippen molar-refractivity contribution in [2.75, 3.05) is 43.9 Å². The number of anilines is 2. The molecule has 2 aromatic rings. The van der Waals surface area contributed by atoms with Crippen molar-refractivity contribution in [1.29, 1.82) is 0 Å². The number of ether oxygens (including phenoxy) is 1. The van der Waals surface area contributed by atoms with Gasteiger partial charge in [-0.15, -0.1) is 0 Å². The van der Waals surface area contributed by atoms with Crippen LogP contribution in [0.5, 0.6) is 0 Å². The Morgan fingerprint density at radius 3 is 2.70 bits per heavy atom. The monoisotopic (exact) mass is 369 g/mol. The predicted molar refractivity (Wildman–Crippen MR) is 107 cm³/mol. The van der Waals surface area contributed by atoms with Crippen molar-refractivity contribution in [2.24, 2.45) is 5.73 Å². The van der Waals surface area contributed by atoms with Crippen LogP contribution in [-0.2, 0) is 4.74 Å². The lowest BCUT2D eigenvalue weighted by Gasteiger charge is -2.29. The lowest BCUT2D eigenvalue weighted by Crippen LogP contribution is -2.30. The molecule has 2 aliphatic heterocycles. The van der Waals surface area contributed by atoms with E-state index in [9.17, 15) is 4.79 Å². The molecule has 1 atom stereocenters. The number of hydrogen-bond acceptors (Lipinski definition) is 6. The number of primary amides is 1. The summed E-state index contributed by atoms with van der Waals surface area (Å²) < 4.78 is 5.20. The van der Waals surface area contributed by atoms with Gasteiger partial charge in [0.25, 0.3) is 0 Å². The minimum atomic E-state index is -0.715. The molecule has 27 heavy (non-hydrogen) atoms. The number of amides is 1. The summed E-state index contributed by atoms with van der Waals surface area (Å²) >= 11 is 0. The molecule has 1 aromatic heterocycles. The molecule has 7 heteroatoms.